The zero-order valence-electron chi connectivity index (χ0n) is 10.8. The Morgan fingerprint density at radius 1 is 1.26 bits per heavy atom. The topological polar surface area (TPSA) is 42.4 Å². The lowest BCUT2D eigenvalue weighted by Gasteiger charge is -2.09. The summed E-state index contributed by atoms with van der Waals surface area (Å²) in [7, 11) is 0. The molecule has 2 aromatic rings. The fraction of sp³-hybridized carbons (Fsp3) is 0.267. The first-order valence-electron chi connectivity index (χ1n) is 6.25. The van der Waals surface area contributed by atoms with Crippen LogP contribution in [0.1, 0.15) is 24.5 Å². The summed E-state index contributed by atoms with van der Waals surface area (Å²) in [5, 5.41) is 9.15. The summed E-state index contributed by atoms with van der Waals surface area (Å²) in [5.74, 6) is 0.357. The number of nitrogens with zero attached hydrogens (tertiary/aromatic N) is 1. The van der Waals surface area contributed by atoms with Crippen molar-refractivity contribution in [3.8, 4) is 11.6 Å². The van der Waals surface area contributed by atoms with Gasteiger partial charge in [0.15, 0.2) is 0 Å². The van der Waals surface area contributed by atoms with Gasteiger partial charge < -0.3 is 9.84 Å². The third-order valence-corrected chi connectivity index (χ3v) is 2.74. The van der Waals surface area contributed by atoms with Crippen LogP contribution in [0, 0.1) is 5.82 Å². The van der Waals surface area contributed by atoms with E-state index in [2.05, 4.69) is 11.9 Å². The van der Waals surface area contributed by atoms with Gasteiger partial charge in [0.2, 0.25) is 5.88 Å². The van der Waals surface area contributed by atoms with Crippen molar-refractivity contribution in [2.24, 2.45) is 0 Å². The normalized spacial score (nSPS) is 10.5. The number of benzene rings is 1. The van der Waals surface area contributed by atoms with E-state index in [0.717, 1.165) is 19.0 Å². The molecule has 3 nitrogen and oxygen atoms in total. The first kappa shape index (κ1) is 13.5. The van der Waals surface area contributed by atoms with Crippen LogP contribution < -0.4 is 4.74 Å². The molecule has 0 unspecified atom stereocenters. The average molecular weight is 261 g/mol. The Kier molecular flexibility index (Phi) is 4.47. The van der Waals surface area contributed by atoms with Crippen molar-refractivity contribution in [1.82, 2.24) is 4.98 Å². The Morgan fingerprint density at radius 2 is 2.00 bits per heavy atom. The van der Waals surface area contributed by atoms with E-state index in [4.69, 9.17) is 9.84 Å². The van der Waals surface area contributed by atoms with Crippen LogP contribution in [0.15, 0.2) is 36.5 Å². The van der Waals surface area contributed by atoms with E-state index in [0.29, 0.717) is 11.3 Å². The molecule has 1 heterocycles. The molecule has 1 aromatic carbocycles. The standard InChI is InChI=1S/C15H16FNO2/c1-2-3-11-4-6-14(7-5-11)19-15-12(10-18)8-13(16)9-17-15/h4-9,18H,2-3,10H2,1H3. The van der Waals surface area contributed by atoms with Crippen molar-refractivity contribution in [3.63, 3.8) is 0 Å². The summed E-state index contributed by atoms with van der Waals surface area (Å²) in [5.41, 5.74) is 1.57. The lowest BCUT2D eigenvalue weighted by Crippen LogP contribution is -1.96. The zero-order chi connectivity index (χ0) is 13.7. The summed E-state index contributed by atoms with van der Waals surface area (Å²) in [6, 6.07) is 8.88. The molecule has 19 heavy (non-hydrogen) atoms. The highest BCUT2D eigenvalue weighted by atomic mass is 19.1. The first-order chi connectivity index (χ1) is 9.22. The fourth-order valence-corrected chi connectivity index (χ4v) is 1.80. The van der Waals surface area contributed by atoms with Crippen molar-refractivity contribution >= 4 is 0 Å². The van der Waals surface area contributed by atoms with Crippen LogP contribution in [0.3, 0.4) is 0 Å². The van der Waals surface area contributed by atoms with Gasteiger partial charge in [0.1, 0.15) is 11.6 Å². The molecule has 0 atom stereocenters. The highest BCUT2D eigenvalue weighted by Gasteiger charge is 2.07. The number of hydrogen-bond donors (Lipinski definition) is 1. The molecule has 100 valence electrons. The maximum absolute atomic E-state index is 13.0. The summed E-state index contributed by atoms with van der Waals surface area (Å²) in [6.07, 6.45) is 3.19. The summed E-state index contributed by atoms with van der Waals surface area (Å²) in [6.45, 7) is 1.81. The molecule has 0 aliphatic rings. The van der Waals surface area contributed by atoms with E-state index in [-0.39, 0.29) is 12.5 Å². The minimum absolute atomic E-state index is 0.229. The highest BCUT2D eigenvalue weighted by molar-refractivity contribution is 5.33. The molecule has 0 amide bonds. The third kappa shape index (κ3) is 3.51. The Balaban J connectivity index is 2.16. The molecule has 0 saturated carbocycles. The van der Waals surface area contributed by atoms with E-state index in [1.807, 2.05) is 24.3 Å². The first-order valence-corrected chi connectivity index (χ1v) is 6.25. The molecule has 0 saturated heterocycles. The lowest BCUT2D eigenvalue weighted by atomic mass is 10.1. The number of hydrogen-bond acceptors (Lipinski definition) is 3. The number of rotatable bonds is 5. The van der Waals surface area contributed by atoms with Crippen LogP contribution in [0.2, 0.25) is 0 Å². The molecule has 0 spiro atoms. The molecule has 1 aromatic heterocycles. The molecule has 0 fully saturated rings. The Labute approximate surface area is 111 Å². The zero-order valence-corrected chi connectivity index (χ0v) is 10.8. The van der Waals surface area contributed by atoms with E-state index < -0.39 is 5.82 Å². The lowest BCUT2D eigenvalue weighted by molar-refractivity contribution is 0.274. The molecule has 0 radical (unpaired) electrons. The summed E-state index contributed by atoms with van der Waals surface area (Å²) in [4.78, 5) is 3.85. The molecule has 0 bridgehead atoms. The van der Waals surface area contributed by atoms with Gasteiger partial charge in [0, 0.05) is 5.56 Å². The largest absolute Gasteiger partial charge is 0.439 e. The van der Waals surface area contributed by atoms with Gasteiger partial charge in [0.25, 0.3) is 0 Å². The van der Waals surface area contributed by atoms with Crippen LogP contribution in [0.5, 0.6) is 11.6 Å². The van der Waals surface area contributed by atoms with Gasteiger partial charge in [-0.1, -0.05) is 25.5 Å². The minimum Gasteiger partial charge on any atom is -0.439 e. The second-order valence-electron chi connectivity index (χ2n) is 4.27. The van der Waals surface area contributed by atoms with E-state index >= 15 is 0 Å². The smallest absolute Gasteiger partial charge is 0.224 e. The van der Waals surface area contributed by atoms with Gasteiger partial charge in [-0.05, 0) is 30.2 Å². The number of pyridine rings is 1. The number of aromatic nitrogens is 1. The quantitative estimate of drug-likeness (QED) is 0.896. The number of aryl methyl sites for hydroxylation is 1. The minimum atomic E-state index is -0.491. The molecular formula is C15H16FNO2. The molecule has 4 heteroatoms. The average Bonchev–Trinajstić information content (AvgIpc) is 2.43. The van der Waals surface area contributed by atoms with E-state index in [1.165, 1.54) is 11.6 Å². The van der Waals surface area contributed by atoms with Crippen molar-refractivity contribution < 1.29 is 14.2 Å². The van der Waals surface area contributed by atoms with Crippen molar-refractivity contribution in [3.05, 3.63) is 53.5 Å². The number of aliphatic hydroxyl groups excluding tert-OH is 1. The number of ether oxygens (including phenoxy) is 1. The second-order valence-corrected chi connectivity index (χ2v) is 4.27. The maximum atomic E-state index is 13.0. The predicted octanol–water partition coefficient (Wildman–Crippen LogP) is 3.46. The highest BCUT2D eigenvalue weighted by Crippen LogP contribution is 2.24. The van der Waals surface area contributed by atoms with Crippen molar-refractivity contribution in [2.75, 3.05) is 0 Å². The molecular weight excluding hydrogens is 245 g/mol. The monoisotopic (exact) mass is 261 g/mol. The summed E-state index contributed by atoms with van der Waals surface area (Å²) >= 11 is 0. The van der Waals surface area contributed by atoms with Crippen molar-refractivity contribution in [1.29, 1.82) is 0 Å². The Hall–Kier alpha value is -1.94. The van der Waals surface area contributed by atoms with Crippen LogP contribution in [-0.4, -0.2) is 10.1 Å². The molecule has 2 rings (SSSR count). The molecule has 0 aliphatic heterocycles. The van der Waals surface area contributed by atoms with E-state index in [1.54, 1.807) is 0 Å². The summed E-state index contributed by atoms with van der Waals surface area (Å²) < 4.78 is 18.5. The van der Waals surface area contributed by atoms with Crippen LogP contribution in [0.25, 0.3) is 0 Å². The Bertz CT molecular complexity index is 540. The molecule has 0 aliphatic carbocycles. The molecule has 1 N–H and O–H groups in total. The third-order valence-electron chi connectivity index (χ3n) is 2.74. The fourth-order valence-electron chi connectivity index (χ4n) is 1.80. The van der Waals surface area contributed by atoms with Gasteiger partial charge in [-0.25, -0.2) is 9.37 Å². The van der Waals surface area contributed by atoms with Crippen LogP contribution in [-0.2, 0) is 13.0 Å². The Morgan fingerprint density at radius 3 is 2.63 bits per heavy atom. The van der Waals surface area contributed by atoms with Crippen LogP contribution >= 0.6 is 0 Å². The van der Waals surface area contributed by atoms with Gasteiger partial charge in [-0.15, -0.1) is 0 Å². The van der Waals surface area contributed by atoms with Gasteiger partial charge >= 0.3 is 0 Å². The number of aliphatic hydroxyl groups is 1. The maximum Gasteiger partial charge on any atom is 0.224 e. The van der Waals surface area contributed by atoms with Gasteiger partial charge in [-0.3, -0.25) is 0 Å². The second kappa shape index (κ2) is 6.29. The van der Waals surface area contributed by atoms with Crippen LogP contribution in [0.4, 0.5) is 4.39 Å². The van der Waals surface area contributed by atoms with Gasteiger partial charge in [0.05, 0.1) is 12.8 Å². The SMILES string of the molecule is CCCc1ccc(Oc2ncc(F)cc2CO)cc1. The number of halogens is 1. The van der Waals surface area contributed by atoms with E-state index in [9.17, 15) is 4.39 Å². The predicted molar refractivity (Wildman–Crippen MR) is 70.6 cm³/mol. The van der Waals surface area contributed by atoms with Crippen molar-refractivity contribution in [2.45, 2.75) is 26.4 Å². The van der Waals surface area contributed by atoms with Gasteiger partial charge in [-0.2, -0.15) is 0 Å².